The van der Waals surface area contributed by atoms with Crippen LogP contribution in [0.25, 0.3) is 0 Å². The minimum atomic E-state index is -0.235. The summed E-state index contributed by atoms with van der Waals surface area (Å²) in [6.45, 7) is 1.79. The number of aromatic nitrogens is 2. The van der Waals surface area contributed by atoms with Crippen LogP contribution in [-0.2, 0) is 11.8 Å². The van der Waals surface area contributed by atoms with Crippen molar-refractivity contribution in [1.29, 1.82) is 0 Å². The number of rotatable bonds is 3. The summed E-state index contributed by atoms with van der Waals surface area (Å²) < 4.78 is 6.93. The maximum Gasteiger partial charge on any atom is 0.254 e. The number of piperidine rings is 1. The number of hydrogen-bond acceptors (Lipinski definition) is 4. The second-order valence-corrected chi connectivity index (χ2v) is 5.89. The van der Waals surface area contributed by atoms with Crippen LogP contribution >= 0.6 is 0 Å². The van der Waals surface area contributed by atoms with Crippen LogP contribution in [0.15, 0.2) is 29.0 Å². The summed E-state index contributed by atoms with van der Waals surface area (Å²) in [5.74, 6) is 0.567. The van der Waals surface area contributed by atoms with Gasteiger partial charge in [0.1, 0.15) is 12.0 Å². The van der Waals surface area contributed by atoms with Crippen LogP contribution in [0, 0.1) is 6.92 Å². The molecular formula is C16H20N4O3. The number of nitrogens with zero attached hydrogens (tertiary/aromatic N) is 3. The molecule has 23 heavy (non-hydrogen) atoms. The Labute approximate surface area is 134 Å². The highest BCUT2D eigenvalue weighted by Crippen LogP contribution is 2.30. The molecule has 2 amide bonds. The van der Waals surface area contributed by atoms with Crippen molar-refractivity contribution < 1.29 is 14.0 Å². The van der Waals surface area contributed by atoms with Crippen LogP contribution in [-0.4, -0.2) is 39.6 Å². The van der Waals surface area contributed by atoms with E-state index in [-0.39, 0.29) is 23.9 Å². The molecule has 3 rings (SSSR count). The predicted molar refractivity (Wildman–Crippen MR) is 82.7 cm³/mol. The maximum absolute atomic E-state index is 12.4. The SMILES string of the molecule is Cc1cc(C(=O)N[C@@H]2CCC(=O)N(C)[C@H]2c2ccnn2C)co1. The molecule has 3 heterocycles. The van der Waals surface area contributed by atoms with Gasteiger partial charge in [-0.05, 0) is 25.5 Å². The summed E-state index contributed by atoms with van der Waals surface area (Å²) in [5, 5.41) is 7.21. The lowest BCUT2D eigenvalue weighted by molar-refractivity contribution is -0.136. The Morgan fingerprint density at radius 3 is 2.83 bits per heavy atom. The fourth-order valence-electron chi connectivity index (χ4n) is 3.08. The molecule has 0 spiro atoms. The smallest absolute Gasteiger partial charge is 0.254 e. The monoisotopic (exact) mass is 316 g/mol. The summed E-state index contributed by atoms with van der Waals surface area (Å²) in [4.78, 5) is 26.2. The van der Waals surface area contributed by atoms with Crippen LogP contribution in [0.1, 0.15) is 40.7 Å². The van der Waals surface area contributed by atoms with Gasteiger partial charge in [-0.3, -0.25) is 14.3 Å². The average molecular weight is 316 g/mol. The summed E-state index contributed by atoms with van der Waals surface area (Å²) in [5.41, 5.74) is 1.39. The summed E-state index contributed by atoms with van der Waals surface area (Å²) in [6.07, 6.45) is 4.16. The van der Waals surface area contributed by atoms with E-state index in [0.29, 0.717) is 24.2 Å². The molecule has 7 heteroatoms. The summed E-state index contributed by atoms with van der Waals surface area (Å²) in [7, 11) is 3.60. The van der Waals surface area contributed by atoms with Gasteiger partial charge < -0.3 is 14.6 Å². The Balaban J connectivity index is 1.85. The minimum absolute atomic E-state index is 0.0702. The van der Waals surface area contributed by atoms with Crippen LogP contribution in [0.5, 0.6) is 0 Å². The first-order valence-electron chi connectivity index (χ1n) is 7.57. The van der Waals surface area contributed by atoms with Gasteiger partial charge in [-0.1, -0.05) is 0 Å². The van der Waals surface area contributed by atoms with Gasteiger partial charge in [-0.25, -0.2) is 0 Å². The molecule has 1 N–H and O–H groups in total. The molecule has 1 aliphatic heterocycles. The van der Waals surface area contributed by atoms with Crippen LogP contribution in [0.3, 0.4) is 0 Å². The van der Waals surface area contributed by atoms with Gasteiger partial charge in [0.15, 0.2) is 0 Å². The molecule has 0 aromatic carbocycles. The number of likely N-dealkylation sites (N-methyl/N-ethyl adjacent to an activating group) is 1. The highest BCUT2D eigenvalue weighted by atomic mass is 16.3. The van der Waals surface area contributed by atoms with E-state index in [2.05, 4.69) is 10.4 Å². The third-order valence-corrected chi connectivity index (χ3v) is 4.33. The number of carbonyl (C=O) groups is 2. The number of amides is 2. The topological polar surface area (TPSA) is 80.4 Å². The van der Waals surface area contributed by atoms with Crippen molar-refractivity contribution in [3.8, 4) is 0 Å². The Morgan fingerprint density at radius 2 is 2.22 bits per heavy atom. The van der Waals surface area contributed by atoms with Gasteiger partial charge in [0, 0.05) is 26.7 Å². The Morgan fingerprint density at radius 1 is 1.43 bits per heavy atom. The third-order valence-electron chi connectivity index (χ3n) is 4.33. The van der Waals surface area contributed by atoms with Crippen LogP contribution in [0.2, 0.25) is 0 Å². The fraction of sp³-hybridized carbons (Fsp3) is 0.438. The Kier molecular flexibility index (Phi) is 3.94. The van der Waals surface area contributed by atoms with Crippen molar-refractivity contribution in [1.82, 2.24) is 20.0 Å². The third kappa shape index (κ3) is 2.86. The van der Waals surface area contributed by atoms with E-state index in [1.54, 1.807) is 35.8 Å². The molecule has 2 aromatic rings. The Bertz CT molecular complexity index is 733. The first-order valence-corrected chi connectivity index (χ1v) is 7.57. The lowest BCUT2D eigenvalue weighted by Crippen LogP contribution is -2.51. The number of carbonyl (C=O) groups excluding carboxylic acids is 2. The molecule has 0 bridgehead atoms. The fourth-order valence-corrected chi connectivity index (χ4v) is 3.08. The molecule has 7 nitrogen and oxygen atoms in total. The van der Waals surface area contributed by atoms with Gasteiger partial charge in [-0.2, -0.15) is 5.10 Å². The van der Waals surface area contributed by atoms with Crippen molar-refractivity contribution in [2.24, 2.45) is 7.05 Å². The van der Waals surface area contributed by atoms with E-state index in [4.69, 9.17) is 4.42 Å². The number of nitrogens with one attached hydrogen (secondary N) is 1. The van der Waals surface area contributed by atoms with E-state index >= 15 is 0 Å². The van der Waals surface area contributed by atoms with Crippen LogP contribution in [0.4, 0.5) is 0 Å². The molecule has 1 fully saturated rings. The second kappa shape index (κ2) is 5.91. The summed E-state index contributed by atoms with van der Waals surface area (Å²) in [6, 6.07) is 3.17. The molecule has 1 saturated heterocycles. The van der Waals surface area contributed by atoms with Gasteiger partial charge in [0.05, 0.1) is 23.3 Å². The molecule has 0 radical (unpaired) electrons. The molecule has 122 valence electrons. The lowest BCUT2D eigenvalue weighted by atomic mass is 9.93. The van der Waals surface area contributed by atoms with Crippen molar-refractivity contribution in [3.05, 3.63) is 41.6 Å². The van der Waals surface area contributed by atoms with Crippen molar-refractivity contribution in [3.63, 3.8) is 0 Å². The van der Waals surface area contributed by atoms with E-state index in [1.165, 1.54) is 6.26 Å². The molecule has 2 aromatic heterocycles. The number of likely N-dealkylation sites (tertiary alicyclic amines) is 1. The zero-order valence-corrected chi connectivity index (χ0v) is 13.4. The van der Waals surface area contributed by atoms with E-state index in [0.717, 1.165) is 5.69 Å². The molecular weight excluding hydrogens is 296 g/mol. The van der Waals surface area contributed by atoms with E-state index in [1.807, 2.05) is 13.1 Å². The highest BCUT2D eigenvalue weighted by molar-refractivity contribution is 5.94. The van der Waals surface area contributed by atoms with Gasteiger partial charge in [-0.15, -0.1) is 0 Å². The second-order valence-electron chi connectivity index (χ2n) is 5.89. The van der Waals surface area contributed by atoms with Crippen molar-refractivity contribution in [2.45, 2.75) is 31.8 Å². The van der Waals surface area contributed by atoms with Crippen LogP contribution < -0.4 is 5.32 Å². The van der Waals surface area contributed by atoms with E-state index < -0.39 is 0 Å². The molecule has 0 unspecified atom stereocenters. The minimum Gasteiger partial charge on any atom is -0.469 e. The highest BCUT2D eigenvalue weighted by Gasteiger charge is 2.37. The van der Waals surface area contributed by atoms with Gasteiger partial charge in [0.25, 0.3) is 5.91 Å². The number of hydrogen-bond donors (Lipinski definition) is 1. The largest absolute Gasteiger partial charge is 0.469 e. The van der Waals surface area contributed by atoms with Crippen molar-refractivity contribution in [2.75, 3.05) is 7.05 Å². The molecule has 0 aliphatic carbocycles. The first kappa shape index (κ1) is 15.3. The summed E-state index contributed by atoms with van der Waals surface area (Å²) >= 11 is 0. The quantitative estimate of drug-likeness (QED) is 0.928. The van der Waals surface area contributed by atoms with E-state index in [9.17, 15) is 9.59 Å². The first-order chi connectivity index (χ1) is 11.0. The zero-order valence-electron chi connectivity index (χ0n) is 13.4. The lowest BCUT2D eigenvalue weighted by Gasteiger charge is -2.39. The number of furan rings is 1. The zero-order chi connectivity index (χ0) is 16.6. The molecule has 2 atom stereocenters. The standard InChI is InChI=1S/C16H20N4O3/c1-10-8-11(9-23-10)16(22)18-12-4-5-14(21)19(2)15(12)13-6-7-17-20(13)3/h6-9,12,15H,4-5H2,1-3H3,(H,18,22)/t12-,15-/m1/s1. The van der Waals surface area contributed by atoms with Gasteiger partial charge in [0.2, 0.25) is 5.91 Å². The number of aryl methyl sites for hydroxylation is 2. The Hall–Kier alpha value is -2.57. The average Bonchev–Trinajstić information content (AvgIpc) is 3.12. The predicted octanol–water partition coefficient (Wildman–Crippen LogP) is 1.41. The van der Waals surface area contributed by atoms with Crippen molar-refractivity contribution >= 4 is 11.8 Å². The maximum atomic E-state index is 12.4. The van der Waals surface area contributed by atoms with Gasteiger partial charge >= 0.3 is 0 Å². The molecule has 1 aliphatic rings. The normalized spacial score (nSPS) is 21.5. The molecule has 0 saturated carbocycles.